The van der Waals surface area contributed by atoms with E-state index in [1.54, 1.807) is 24.7 Å². The van der Waals surface area contributed by atoms with Crippen LogP contribution in [0.15, 0.2) is 36.8 Å². The number of aromatic nitrogens is 4. The number of hydrogen-bond donors (Lipinski definition) is 2. The minimum atomic E-state index is -0.484. The van der Waals surface area contributed by atoms with Crippen LogP contribution in [0.2, 0.25) is 5.02 Å². The van der Waals surface area contributed by atoms with Gasteiger partial charge in [0.2, 0.25) is 5.95 Å². The van der Waals surface area contributed by atoms with Gasteiger partial charge in [0.15, 0.2) is 0 Å². The molecule has 0 aliphatic heterocycles. The molecular formula is C19H20ClFN6O. The summed E-state index contributed by atoms with van der Waals surface area (Å²) in [5, 5.41) is 6.43. The first-order chi connectivity index (χ1) is 13.5. The minimum absolute atomic E-state index is 0.0231. The quantitative estimate of drug-likeness (QED) is 0.593. The average molecular weight is 403 g/mol. The zero-order valence-electron chi connectivity index (χ0n) is 15.7. The predicted molar refractivity (Wildman–Crippen MR) is 108 cm³/mol. The molecular weight excluding hydrogens is 383 g/mol. The highest BCUT2D eigenvalue weighted by atomic mass is 35.5. The molecule has 0 bridgehead atoms. The lowest BCUT2D eigenvalue weighted by Crippen LogP contribution is -2.16. The van der Waals surface area contributed by atoms with Crippen molar-refractivity contribution in [1.82, 2.24) is 19.9 Å². The van der Waals surface area contributed by atoms with E-state index in [1.165, 1.54) is 19.2 Å². The fraction of sp³-hybridized carbons (Fsp3) is 0.263. The second-order valence-electron chi connectivity index (χ2n) is 6.12. The summed E-state index contributed by atoms with van der Waals surface area (Å²) in [6.45, 7) is 4.14. The van der Waals surface area contributed by atoms with Gasteiger partial charge in [-0.05, 0) is 31.5 Å². The average Bonchev–Trinajstić information content (AvgIpc) is 2.71. The van der Waals surface area contributed by atoms with Gasteiger partial charge in [-0.25, -0.2) is 19.3 Å². The van der Waals surface area contributed by atoms with Gasteiger partial charge in [0.25, 0.3) is 0 Å². The summed E-state index contributed by atoms with van der Waals surface area (Å²) in [5.41, 5.74) is 2.09. The number of methoxy groups -OCH3 is 1. The molecule has 1 aromatic carbocycles. The molecule has 0 fully saturated rings. The first-order valence-electron chi connectivity index (χ1n) is 8.72. The van der Waals surface area contributed by atoms with Gasteiger partial charge in [-0.2, -0.15) is 4.98 Å². The highest BCUT2D eigenvalue weighted by Crippen LogP contribution is 2.28. The zero-order valence-corrected chi connectivity index (χ0v) is 16.5. The van der Waals surface area contributed by atoms with Gasteiger partial charge in [-0.1, -0.05) is 18.5 Å². The Labute approximate surface area is 167 Å². The third kappa shape index (κ3) is 4.64. The smallest absolute Gasteiger partial charge is 0.316 e. The fourth-order valence-corrected chi connectivity index (χ4v) is 2.54. The highest BCUT2D eigenvalue weighted by molar-refractivity contribution is 6.31. The maximum Gasteiger partial charge on any atom is 0.316 e. The lowest BCUT2D eigenvalue weighted by molar-refractivity contribution is 0.380. The molecule has 0 radical (unpaired) electrons. The van der Waals surface area contributed by atoms with Crippen LogP contribution < -0.4 is 15.4 Å². The summed E-state index contributed by atoms with van der Waals surface area (Å²) in [6, 6.07) is 4.81. The Hall–Kier alpha value is -3.00. The molecule has 0 amide bonds. The van der Waals surface area contributed by atoms with Gasteiger partial charge in [0, 0.05) is 41.4 Å². The lowest BCUT2D eigenvalue weighted by Gasteiger charge is -2.17. The third-order valence-corrected chi connectivity index (χ3v) is 4.37. The standard InChI is InChI=1S/C19H20ClFN6O/c1-4-11(2)25-17-14(12-8-23-19(28-3)24-9-12)10-22-18(27-17)26-13-5-6-16(21)15(20)7-13/h5-11H,4H2,1-3H3,(H2,22,25,26,27). The molecule has 7 nitrogen and oxygen atoms in total. The maximum atomic E-state index is 13.4. The number of anilines is 3. The number of benzene rings is 1. The molecule has 28 heavy (non-hydrogen) atoms. The van der Waals surface area contributed by atoms with Gasteiger partial charge in [0.1, 0.15) is 11.6 Å². The Morgan fingerprint density at radius 3 is 2.57 bits per heavy atom. The van der Waals surface area contributed by atoms with E-state index in [2.05, 4.69) is 44.4 Å². The van der Waals surface area contributed by atoms with Crippen LogP contribution in [0, 0.1) is 5.82 Å². The lowest BCUT2D eigenvalue weighted by atomic mass is 10.1. The summed E-state index contributed by atoms with van der Waals surface area (Å²) < 4.78 is 18.4. The van der Waals surface area contributed by atoms with E-state index < -0.39 is 5.82 Å². The molecule has 2 heterocycles. The Balaban J connectivity index is 1.94. The molecule has 0 aliphatic carbocycles. The van der Waals surface area contributed by atoms with Crippen molar-refractivity contribution in [2.75, 3.05) is 17.7 Å². The first kappa shape index (κ1) is 19.8. The molecule has 0 saturated heterocycles. The summed E-state index contributed by atoms with van der Waals surface area (Å²) in [7, 11) is 1.51. The third-order valence-electron chi connectivity index (χ3n) is 4.08. The van der Waals surface area contributed by atoms with E-state index in [4.69, 9.17) is 16.3 Å². The zero-order chi connectivity index (χ0) is 20.1. The number of ether oxygens (including phenoxy) is 1. The largest absolute Gasteiger partial charge is 0.467 e. The summed E-state index contributed by atoms with van der Waals surface area (Å²) in [6.07, 6.45) is 5.90. The van der Waals surface area contributed by atoms with Gasteiger partial charge in [0.05, 0.1) is 12.1 Å². The number of hydrogen-bond acceptors (Lipinski definition) is 7. The van der Waals surface area contributed by atoms with E-state index in [0.717, 1.165) is 17.5 Å². The minimum Gasteiger partial charge on any atom is -0.467 e. The second-order valence-corrected chi connectivity index (χ2v) is 6.53. The summed E-state index contributed by atoms with van der Waals surface area (Å²) in [4.78, 5) is 17.2. The summed E-state index contributed by atoms with van der Waals surface area (Å²) in [5.74, 6) is 0.502. The summed E-state index contributed by atoms with van der Waals surface area (Å²) >= 11 is 5.84. The van der Waals surface area contributed by atoms with Crippen molar-refractivity contribution in [3.8, 4) is 17.1 Å². The van der Waals surface area contributed by atoms with E-state index in [9.17, 15) is 4.39 Å². The molecule has 1 unspecified atom stereocenters. The number of halogens is 2. The molecule has 0 spiro atoms. The van der Waals surface area contributed by atoms with Crippen LogP contribution in [0.3, 0.4) is 0 Å². The Morgan fingerprint density at radius 2 is 1.93 bits per heavy atom. The van der Waals surface area contributed by atoms with Crippen molar-refractivity contribution in [1.29, 1.82) is 0 Å². The van der Waals surface area contributed by atoms with Gasteiger partial charge in [-0.3, -0.25) is 0 Å². The van der Waals surface area contributed by atoms with Crippen LogP contribution in [0.4, 0.5) is 21.8 Å². The van der Waals surface area contributed by atoms with E-state index >= 15 is 0 Å². The normalized spacial score (nSPS) is 11.8. The Bertz CT molecular complexity index is 954. The van der Waals surface area contributed by atoms with Crippen LogP contribution in [0.5, 0.6) is 6.01 Å². The molecule has 1 atom stereocenters. The van der Waals surface area contributed by atoms with Crippen molar-refractivity contribution >= 4 is 29.1 Å². The number of nitrogens with zero attached hydrogens (tertiary/aromatic N) is 4. The van der Waals surface area contributed by atoms with E-state index in [1.807, 2.05) is 0 Å². The van der Waals surface area contributed by atoms with Gasteiger partial charge < -0.3 is 15.4 Å². The van der Waals surface area contributed by atoms with Crippen molar-refractivity contribution in [3.63, 3.8) is 0 Å². The molecule has 2 aromatic heterocycles. The molecule has 3 rings (SSSR count). The second kappa shape index (κ2) is 8.79. The van der Waals surface area contributed by atoms with Crippen molar-refractivity contribution in [2.45, 2.75) is 26.3 Å². The SMILES string of the molecule is CCC(C)Nc1nc(Nc2ccc(F)c(Cl)c2)ncc1-c1cnc(OC)nc1. The monoisotopic (exact) mass is 402 g/mol. The molecule has 9 heteroatoms. The molecule has 3 aromatic rings. The number of rotatable bonds is 7. The van der Waals surface area contributed by atoms with Crippen LogP contribution in [-0.4, -0.2) is 33.1 Å². The molecule has 146 valence electrons. The first-order valence-corrected chi connectivity index (χ1v) is 9.10. The maximum absolute atomic E-state index is 13.4. The van der Waals surface area contributed by atoms with Crippen molar-refractivity contribution in [3.05, 3.63) is 47.6 Å². The van der Waals surface area contributed by atoms with Crippen LogP contribution in [0.25, 0.3) is 11.1 Å². The Kier molecular flexibility index (Phi) is 6.20. The van der Waals surface area contributed by atoms with Crippen molar-refractivity contribution < 1.29 is 9.13 Å². The van der Waals surface area contributed by atoms with E-state index in [-0.39, 0.29) is 17.1 Å². The van der Waals surface area contributed by atoms with Gasteiger partial charge in [-0.15, -0.1) is 0 Å². The van der Waals surface area contributed by atoms with Crippen LogP contribution in [0.1, 0.15) is 20.3 Å². The highest BCUT2D eigenvalue weighted by Gasteiger charge is 2.13. The fourth-order valence-electron chi connectivity index (χ4n) is 2.36. The molecule has 2 N–H and O–H groups in total. The van der Waals surface area contributed by atoms with Gasteiger partial charge >= 0.3 is 6.01 Å². The number of nitrogens with one attached hydrogen (secondary N) is 2. The molecule has 0 aliphatic rings. The predicted octanol–water partition coefficient (Wildman–Crippen LogP) is 4.69. The van der Waals surface area contributed by atoms with Crippen LogP contribution >= 0.6 is 11.6 Å². The van der Waals surface area contributed by atoms with Crippen molar-refractivity contribution in [2.24, 2.45) is 0 Å². The topological polar surface area (TPSA) is 84.9 Å². The van der Waals surface area contributed by atoms with Crippen LogP contribution in [-0.2, 0) is 0 Å². The van der Waals surface area contributed by atoms with E-state index in [0.29, 0.717) is 17.5 Å². The Morgan fingerprint density at radius 1 is 1.18 bits per heavy atom. The molecule has 0 saturated carbocycles.